The van der Waals surface area contributed by atoms with E-state index in [1.807, 2.05) is 32.0 Å². The van der Waals surface area contributed by atoms with Gasteiger partial charge in [0.25, 0.3) is 5.91 Å². The van der Waals surface area contributed by atoms with Crippen LogP contribution in [0, 0.1) is 13.8 Å². The van der Waals surface area contributed by atoms with Crippen LogP contribution in [0.25, 0.3) is 0 Å². The molecule has 1 unspecified atom stereocenters. The van der Waals surface area contributed by atoms with E-state index >= 15 is 0 Å². The number of amides is 1. The van der Waals surface area contributed by atoms with Gasteiger partial charge in [-0.25, -0.2) is 0 Å². The number of fused-ring (bicyclic) bond motifs is 1. The Labute approximate surface area is 118 Å². The summed E-state index contributed by atoms with van der Waals surface area (Å²) in [5.41, 5.74) is 4.46. The molecule has 0 fully saturated rings. The molecule has 1 aliphatic rings. The Balaban J connectivity index is 1.97. The summed E-state index contributed by atoms with van der Waals surface area (Å²) in [6.45, 7) is 3.83. The molecule has 6 heteroatoms. The SMILES string of the molecule is Cc1n[nH]c(C)c1NC1C(=O)Nc2cc(Br)ccc21. The number of rotatable bonds is 2. The average molecular weight is 321 g/mol. The number of hydrogen-bond donors (Lipinski definition) is 3. The minimum atomic E-state index is -0.377. The van der Waals surface area contributed by atoms with Crippen molar-refractivity contribution in [2.75, 3.05) is 10.6 Å². The first-order chi connectivity index (χ1) is 9.06. The monoisotopic (exact) mass is 320 g/mol. The molecule has 0 aliphatic carbocycles. The second-order valence-corrected chi connectivity index (χ2v) is 5.52. The smallest absolute Gasteiger partial charge is 0.251 e. The van der Waals surface area contributed by atoms with E-state index in [2.05, 4.69) is 36.8 Å². The van der Waals surface area contributed by atoms with E-state index in [1.165, 1.54) is 0 Å². The molecule has 0 saturated heterocycles. The zero-order valence-corrected chi connectivity index (χ0v) is 12.1. The second kappa shape index (κ2) is 4.38. The van der Waals surface area contributed by atoms with E-state index in [4.69, 9.17) is 0 Å². The quantitative estimate of drug-likeness (QED) is 0.796. The summed E-state index contributed by atoms with van der Waals surface area (Å²) < 4.78 is 0.947. The van der Waals surface area contributed by atoms with Crippen LogP contribution < -0.4 is 10.6 Å². The Bertz CT molecular complexity index is 645. The fourth-order valence-electron chi connectivity index (χ4n) is 2.29. The molecular formula is C13H13BrN4O. The lowest BCUT2D eigenvalue weighted by atomic mass is 10.1. The lowest BCUT2D eigenvalue weighted by Gasteiger charge is -2.13. The first-order valence-electron chi connectivity index (χ1n) is 5.94. The van der Waals surface area contributed by atoms with Crippen molar-refractivity contribution in [3.05, 3.63) is 39.6 Å². The molecule has 98 valence electrons. The number of nitrogens with one attached hydrogen (secondary N) is 3. The number of aryl methyl sites for hydroxylation is 2. The molecule has 2 heterocycles. The molecule has 3 rings (SSSR count). The molecular weight excluding hydrogens is 308 g/mol. The first-order valence-corrected chi connectivity index (χ1v) is 6.74. The van der Waals surface area contributed by atoms with Crippen LogP contribution in [-0.4, -0.2) is 16.1 Å². The molecule has 3 N–H and O–H groups in total. The summed E-state index contributed by atoms with van der Waals surface area (Å²) in [5.74, 6) is -0.0481. The molecule has 1 amide bonds. The number of aromatic amines is 1. The Morgan fingerprint density at radius 3 is 2.84 bits per heavy atom. The van der Waals surface area contributed by atoms with Gasteiger partial charge in [-0.3, -0.25) is 9.89 Å². The maximum absolute atomic E-state index is 12.1. The predicted octanol–water partition coefficient (Wildman–Crippen LogP) is 2.89. The van der Waals surface area contributed by atoms with E-state index in [0.29, 0.717) is 0 Å². The van der Waals surface area contributed by atoms with Crippen molar-refractivity contribution in [2.45, 2.75) is 19.9 Å². The van der Waals surface area contributed by atoms with E-state index in [-0.39, 0.29) is 11.9 Å². The van der Waals surface area contributed by atoms with Crippen molar-refractivity contribution in [1.82, 2.24) is 10.2 Å². The van der Waals surface area contributed by atoms with Crippen molar-refractivity contribution < 1.29 is 4.79 Å². The lowest BCUT2D eigenvalue weighted by molar-refractivity contribution is -0.116. The maximum atomic E-state index is 12.1. The molecule has 1 atom stereocenters. The van der Waals surface area contributed by atoms with Crippen LogP contribution in [-0.2, 0) is 4.79 Å². The van der Waals surface area contributed by atoms with Crippen LogP contribution in [0.5, 0.6) is 0 Å². The van der Waals surface area contributed by atoms with Crippen molar-refractivity contribution in [3.8, 4) is 0 Å². The molecule has 0 saturated carbocycles. The number of carbonyl (C=O) groups excluding carboxylic acids is 1. The van der Waals surface area contributed by atoms with Gasteiger partial charge in [0.15, 0.2) is 0 Å². The normalized spacial score (nSPS) is 17.2. The summed E-state index contributed by atoms with van der Waals surface area (Å²) in [7, 11) is 0. The highest BCUT2D eigenvalue weighted by Crippen LogP contribution is 2.35. The van der Waals surface area contributed by atoms with Crippen molar-refractivity contribution in [2.24, 2.45) is 0 Å². The molecule has 0 bridgehead atoms. The largest absolute Gasteiger partial charge is 0.367 e. The summed E-state index contributed by atoms with van der Waals surface area (Å²) >= 11 is 3.40. The van der Waals surface area contributed by atoms with Crippen LogP contribution in [0.2, 0.25) is 0 Å². The maximum Gasteiger partial charge on any atom is 0.251 e. The summed E-state index contributed by atoms with van der Waals surface area (Å²) in [4.78, 5) is 12.1. The van der Waals surface area contributed by atoms with Gasteiger partial charge in [0.2, 0.25) is 0 Å². The molecule has 0 radical (unpaired) electrons. The summed E-state index contributed by atoms with van der Waals surface area (Å²) in [6.07, 6.45) is 0. The Morgan fingerprint density at radius 1 is 1.37 bits per heavy atom. The van der Waals surface area contributed by atoms with Crippen molar-refractivity contribution in [3.63, 3.8) is 0 Å². The van der Waals surface area contributed by atoms with Gasteiger partial charge in [0, 0.05) is 15.7 Å². The number of aromatic nitrogens is 2. The van der Waals surface area contributed by atoms with Crippen LogP contribution >= 0.6 is 15.9 Å². The lowest BCUT2D eigenvalue weighted by Crippen LogP contribution is -2.20. The zero-order valence-electron chi connectivity index (χ0n) is 10.5. The minimum Gasteiger partial charge on any atom is -0.367 e. The molecule has 1 aromatic carbocycles. The van der Waals surface area contributed by atoms with Gasteiger partial charge < -0.3 is 10.6 Å². The predicted molar refractivity (Wildman–Crippen MR) is 77.2 cm³/mol. The molecule has 1 aliphatic heterocycles. The number of halogens is 1. The number of benzene rings is 1. The van der Waals surface area contributed by atoms with Crippen molar-refractivity contribution >= 4 is 33.2 Å². The topological polar surface area (TPSA) is 69.8 Å². The third-order valence-electron chi connectivity index (χ3n) is 3.26. The standard InChI is InChI=1S/C13H13BrN4O/c1-6-11(7(2)18-17-6)16-12-9-4-3-8(14)5-10(9)15-13(12)19/h3-5,12,16H,1-2H3,(H,15,19)(H,17,18). The molecule has 5 nitrogen and oxygen atoms in total. The van der Waals surface area contributed by atoms with Gasteiger partial charge in [-0.15, -0.1) is 0 Å². The Kier molecular flexibility index (Phi) is 2.82. The highest BCUT2D eigenvalue weighted by molar-refractivity contribution is 9.10. The fourth-order valence-corrected chi connectivity index (χ4v) is 2.65. The van der Waals surface area contributed by atoms with E-state index < -0.39 is 0 Å². The fraction of sp³-hybridized carbons (Fsp3) is 0.231. The Morgan fingerprint density at radius 2 is 2.16 bits per heavy atom. The highest BCUT2D eigenvalue weighted by Gasteiger charge is 2.31. The Hall–Kier alpha value is -1.82. The van der Waals surface area contributed by atoms with Gasteiger partial charge in [-0.2, -0.15) is 5.10 Å². The van der Waals surface area contributed by atoms with Crippen LogP contribution in [0.3, 0.4) is 0 Å². The van der Waals surface area contributed by atoms with Crippen LogP contribution in [0.4, 0.5) is 11.4 Å². The number of hydrogen-bond acceptors (Lipinski definition) is 3. The summed E-state index contributed by atoms with van der Waals surface area (Å²) in [6, 6.07) is 5.41. The number of anilines is 2. The van der Waals surface area contributed by atoms with Gasteiger partial charge in [0.1, 0.15) is 6.04 Å². The van der Waals surface area contributed by atoms with E-state index in [9.17, 15) is 4.79 Å². The summed E-state index contributed by atoms with van der Waals surface area (Å²) in [5, 5.41) is 13.2. The molecule has 0 spiro atoms. The van der Waals surface area contributed by atoms with E-state index in [1.54, 1.807) is 0 Å². The third-order valence-corrected chi connectivity index (χ3v) is 3.76. The second-order valence-electron chi connectivity index (χ2n) is 4.61. The highest BCUT2D eigenvalue weighted by atomic mass is 79.9. The molecule has 2 aromatic rings. The van der Waals surface area contributed by atoms with Gasteiger partial charge in [-0.1, -0.05) is 22.0 Å². The third kappa shape index (κ3) is 2.02. The number of carbonyl (C=O) groups is 1. The molecule has 1 aromatic heterocycles. The first kappa shape index (κ1) is 12.2. The van der Waals surface area contributed by atoms with Crippen molar-refractivity contribution in [1.29, 1.82) is 0 Å². The van der Waals surface area contributed by atoms with Gasteiger partial charge in [-0.05, 0) is 26.0 Å². The van der Waals surface area contributed by atoms with Gasteiger partial charge >= 0.3 is 0 Å². The van der Waals surface area contributed by atoms with Crippen LogP contribution in [0.1, 0.15) is 23.0 Å². The van der Waals surface area contributed by atoms with E-state index in [0.717, 1.165) is 32.8 Å². The minimum absolute atomic E-state index is 0.0481. The van der Waals surface area contributed by atoms with Crippen LogP contribution in [0.15, 0.2) is 22.7 Å². The zero-order chi connectivity index (χ0) is 13.6. The van der Waals surface area contributed by atoms with Gasteiger partial charge in [0.05, 0.1) is 17.1 Å². The number of H-pyrrole nitrogens is 1. The average Bonchev–Trinajstić information content (AvgIpc) is 2.83. The number of nitrogens with zero attached hydrogens (tertiary/aromatic N) is 1. The molecule has 19 heavy (non-hydrogen) atoms.